The van der Waals surface area contributed by atoms with Crippen LogP contribution in [0.2, 0.25) is 0 Å². The molecule has 0 bridgehead atoms. The van der Waals surface area contributed by atoms with Crippen molar-refractivity contribution in [3.05, 3.63) is 35.7 Å². The average Bonchev–Trinajstić information content (AvgIpc) is 3.14. The predicted octanol–water partition coefficient (Wildman–Crippen LogP) is 0.421. The number of H-pyrrole nitrogens is 1. The first-order chi connectivity index (χ1) is 10.6. The lowest BCUT2D eigenvalue weighted by molar-refractivity contribution is -0.132. The number of hydrogen-bond acceptors (Lipinski definition) is 4. The number of nitrogens with one attached hydrogen (secondary N) is 2. The van der Waals surface area contributed by atoms with Gasteiger partial charge >= 0.3 is 0 Å². The molecule has 118 valence electrons. The lowest BCUT2D eigenvalue weighted by atomic mass is 10.0. The summed E-state index contributed by atoms with van der Waals surface area (Å²) in [6.07, 6.45) is 8.30. The molecule has 3 rings (SSSR count). The zero-order valence-corrected chi connectivity index (χ0v) is 13.0. The molecule has 1 atom stereocenters. The molecule has 0 unspecified atom stereocenters. The van der Waals surface area contributed by atoms with Gasteiger partial charge in [-0.05, 0) is 18.4 Å². The van der Waals surface area contributed by atoms with Gasteiger partial charge in [-0.15, -0.1) is 0 Å². The first-order valence-corrected chi connectivity index (χ1v) is 7.63. The summed E-state index contributed by atoms with van der Waals surface area (Å²) < 4.78 is 1.80. The third kappa shape index (κ3) is 3.04. The summed E-state index contributed by atoms with van der Waals surface area (Å²) in [5.41, 5.74) is 3.12. The lowest BCUT2D eigenvalue weighted by Crippen LogP contribution is -2.42. The van der Waals surface area contributed by atoms with Gasteiger partial charge in [0.25, 0.3) is 0 Å². The third-order valence-corrected chi connectivity index (χ3v) is 4.09. The molecule has 1 aliphatic rings. The van der Waals surface area contributed by atoms with Crippen molar-refractivity contribution < 1.29 is 4.79 Å². The normalized spacial score (nSPS) is 17.3. The van der Waals surface area contributed by atoms with E-state index in [1.807, 2.05) is 26.5 Å². The van der Waals surface area contributed by atoms with Crippen molar-refractivity contribution in [3.63, 3.8) is 0 Å². The first kappa shape index (κ1) is 14.8. The second kappa shape index (κ2) is 6.31. The van der Waals surface area contributed by atoms with Gasteiger partial charge in [0, 0.05) is 45.5 Å². The molecular formula is C15H22N6O. The molecule has 0 spiro atoms. The molecular weight excluding hydrogens is 280 g/mol. The predicted molar refractivity (Wildman–Crippen MR) is 82.2 cm³/mol. The number of rotatable bonds is 5. The van der Waals surface area contributed by atoms with E-state index in [0.717, 1.165) is 43.7 Å². The summed E-state index contributed by atoms with van der Waals surface area (Å²) >= 11 is 0. The minimum Gasteiger partial charge on any atom is -0.348 e. The van der Waals surface area contributed by atoms with Crippen LogP contribution >= 0.6 is 0 Å². The van der Waals surface area contributed by atoms with Gasteiger partial charge in [0.2, 0.25) is 5.91 Å². The Hall–Kier alpha value is -2.15. The monoisotopic (exact) mass is 302 g/mol. The van der Waals surface area contributed by atoms with Gasteiger partial charge in [-0.2, -0.15) is 5.10 Å². The van der Waals surface area contributed by atoms with E-state index in [2.05, 4.69) is 20.4 Å². The molecule has 0 saturated heterocycles. The Morgan fingerprint density at radius 1 is 1.55 bits per heavy atom. The van der Waals surface area contributed by atoms with Crippen molar-refractivity contribution in [2.75, 3.05) is 20.1 Å². The van der Waals surface area contributed by atoms with Crippen LogP contribution in [0.3, 0.4) is 0 Å². The molecule has 0 aliphatic carbocycles. The third-order valence-electron chi connectivity index (χ3n) is 4.09. The van der Waals surface area contributed by atoms with Gasteiger partial charge in [0.05, 0.1) is 18.2 Å². The van der Waals surface area contributed by atoms with Gasteiger partial charge in [0.1, 0.15) is 6.04 Å². The molecule has 22 heavy (non-hydrogen) atoms. The number of hydrogen-bond donors (Lipinski definition) is 2. The fourth-order valence-corrected chi connectivity index (χ4v) is 2.87. The number of aromatic amines is 1. The van der Waals surface area contributed by atoms with Gasteiger partial charge in [-0.1, -0.05) is 0 Å². The van der Waals surface area contributed by atoms with Crippen molar-refractivity contribution in [2.24, 2.45) is 7.05 Å². The van der Waals surface area contributed by atoms with Gasteiger partial charge in [-0.3, -0.25) is 9.48 Å². The second-order valence-electron chi connectivity index (χ2n) is 5.79. The van der Waals surface area contributed by atoms with Crippen LogP contribution in [-0.4, -0.2) is 50.7 Å². The van der Waals surface area contributed by atoms with Crippen LogP contribution in [0.15, 0.2) is 18.7 Å². The van der Waals surface area contributed by atoms with Crippen LogP contribution in [0.25, 0.3) is 0 Å². The minimum atomic E-state index is -0.321. The van der Waals surface area contributed by atoms with Crippen molar-refractivity contribution in [3.8, 4) is 0 Å². The highest BCUT2D eigenvalue weighted by atomic mass is 16.2. The number of nitrogens with zero attached hydrogens (tertiary/aromatic N) is 4. The lowest BCUT2D eigenvalue weighted by Gasteiger charge is -2.27. The van der Waals surface area contributed by atoms with E-state index >= 15 is 0 Å². The van der Waals surface area contributed by atoms with E-state index in [9.17, 15) is 4.79 Å². The molecule has 2 N–H and O–H groups in total. The molecule has 7 heteroatoms. The summed E-state index contributed by atoms with van der Waals surface area (Å²) in [5, 5.41) is 7.42. The van der Waals surface area contributed by atoms with E-state index in [0.29, 0.717) is 0 Å². The molecule has 7 nitrogen and oxygen atoms in total. The zero-order chi connectivity index (χ0) is 15.5. The van der Waals surface area contributed by atoms with Crippen LogP contribution < -0.4 is 5.32 Å². The highest BCUT2D eigenvalue weighted by Gasteiger charge is 2.30. The molecule has 0 aromatic carbocycles. The van der Waals surface area contributed by atoms with E-state index < -0.39 is 0 Å². The molecule has 0 radical (unpaired) electrons. The fourth-order valence-electron chi connectivity index (χ4n) is 2.87. The number of aromatic nitrogens is 4. The number of imidazole rings is 1. The zero-order valence-electron chi connectivity index (χ0n) is 13.0. The Morgan fingerprint density at radius 3 is 3.18 bits per heavy atom. The number of aryl methyl sites for hydroxylation is 2. The van der Waals surface area contributed by atoms with Crippen LogP contribution in [0.5, 0.6) is 0 Å². The van der Waals surface area contributed by atoms with Gasteiger partial charge in [0.15, 0.2) is 0 Å². The maximum Gasteiger partial charge on any atom is 0.245 e. The Morgan fingerprint density at radius 2 is 2.41 bits per heavy atom. The van der Waals surface area contributed by atoms with Crippen LogP contribution in [-0.2, 0) is 24.7 Å². The van der Waals surface area contributed by atoms with Crippen LogP contribution in [0.4, 0.5) is 0 Å². The largest absolute Gasteiger partial charge is 0.348 e. The summed E-state index contributed by atoms with van der Waals surface area (Å²) in [6.45, 7) is 1.53. The summed E-state index contributed by atoms with van der Waals surface area (Å²) in [5.74, 6) is 0.0826. The van der Waals surface area contributed by atoms with Gasteiger partial charge < -0.3 is 15.2 Å². The van der Waals surface area contributed by atoms with E-state index in [4.69, 9.17) is 0 Å². The van der Waals surface area contributed by atoms with Crippen molar-refractivity contribution in [1.82, 2.24) is 30.0 Å². The molecule has 1 amide bonds. The standard InChI is InChI=1S/C15H22N6O/c1-20(7-3-4-11-8-19-21(2)9-11)15(22)14-13-12(5-6-16-14)17-10-18-13/h8-10,14,16H,3-7H2,1-2H3,(H,17,18)/t14-/m1/s1. The van der Waals surface area contributed by atoms with Crippen molar-refractivity contribution in [2.45, 2.75) is 25.3 Å². The smallest absolute Gasteiger partial charge is 0.245 e. The number of carbonyl (C=O) groups is 1. The number of fused-ring (bicyclic) bond motifs is 1. The van der Waals surface area contributed by atoms with Crippen molar-refractivity contribution >= 4 is 5.91 Å². The molecule has 3 heterocycles. The van der Waals surface area contributed by atoms with Crippen LogP contribution in [0.1, 0.15) is 29.4 Å². The molecule has 2 aromatic rings. The molecule has 1 aliphatic heterocycles. The maximum absolute atomic E-state index is 12.6. The Kier molecular flexibility index (Phi) is 4.24. The topological polar surface area (TPSA) is 78.8 Å². The first-order valence-electron chi connectivity index (χ1n) is 7.63. The van der Waals surface area contributed by atoms with Crippen molar-refractivity contribution in [1.29, 1.82) is 0 Å². The highest BCUT2D eigenvalue weighted by molar-refractivity contribution is 5.83. The Labute approximate surface area is 129 Å². The Balaban J connectivity index is 1.54. The highest BCUT2D eigenvalue weighted by Crippen LogP contribution is 2.21. The molecule has 0 saturated carbocycles. The minimum absolute atomic E-state index is 0.0826. The van der Waals surface area contributed by atoms with E-state index in [1.54, 1.807) is 15.9 Å². The summed E-state index contributed by atoms with van der Waals surface area (Å²) in [7, 11) is 3.77. The Bertz CT molecular complexity index is 646. The second-order valence-corrected chi connectivity index (χ2v) is 5.79. The average molecular weight is 302 g/mol. The quantitative estimate of drug-likeness (QED) is 0.839. The van der Waals surface area contributed by atoms with E-state index in [1.165, 1.54) is 5.56 Å². The summed E-state index contributed by atoms with van der Waals surface area (Å²) in [4.78, 5) is 21.8. The SMILES string of the molecule is CN(CCCc1cnn(C)c1)C(=O)[C@@H]1NCCc2[nH]cnc21. The molecule has 2 aromatic heterocycles. The fraction of sp³-hybridized carbons (Fsp3) is 0.533. The number of carbonyl (C=O) groups excluding carboxylic acids is 1. The van der Waals surface area contributed by atoms with Crippen LogP contribution in [0, 0.1) is 0 Å². The summed E-state index contributed by atoms with van der Waals surface area (Å²) in [6, 6.07) is -0.321. The van der Waals surface area contributed by atoms with E-state index in [-0.39, 0.29) is 11.9 Å². The molecule has 0 fully saturated rings. The number of likely N-dealkylation sites (N-methyl/N-ethyl adjacent to an activating group) is 1. The maximum atomic E-state index is 12.6. The van der Waals surface area contributed by atoms with Gasteiger partial charge in [-0.25, -0.2) is 4.98 Å². The number of amides is 1.